The summed E-state index contributed by atoms with van der Waals surface area (Å²) in [6.45, 7) is 0.949. The Bertz CT molecular complexity index is 477. The average Bonchev–Trinajstić information content (AvgIpc) is 2.37. The zero-order chi connectivity index (χ0) is 14.0. The van der Waals surface area contributed by atoms with Gasteiger partial charge in [-0.25, -0.2) is 4.79 Å². The first-order valence-electron chi connectivity index (χ1n) is 5.70. The maximum atomic E-state index is 12.9. The van der Waals surface area contributed by atoms with Gasteiger partial charge in [0.1, 0.15) is 0 Å². The van der Waals surface area contributed by atoms with E-state index in [9.17, 15) is 18.0 Å². The number of urea groups is 1. The maximum Gasteiger partial charge on any atom is 0.418 e. The lowest BCUT2D eigenvalue weighted by molar-refractivity contribution is -0.139. The van der Waals surface area contributed by atoms with Gasteiger partial charge in [-0.2, -0.15) is 13.2 Å². The van der Waals surface area contributed by atoms with Crippen LogP contribution in [0.4, 0.5) is 18.0 Å². The summed E-state index contributed by atoms with van der Waals surface area (Å²) < 4.78 is 38.8. The number of carbonyl (C=O) groups excluding carboxylic acids is 1. The smallest absolute Gasteiger partial charge is 0.351 e. The SMILES string of the molecule is NC(=O)N1CCNCC1c1ncccc1C(F)(F)F. The summed E-state index contributed by atoms with van der Waals surface area (Å²) in [5.41, 5.74) is 4.19. The number of nitrogens with two attached hydrogens (primary N) is 1. The van der Waals surface area contributed by atoms with Crippen LogP contribution in [0.15, 0.2) is 18.3 Å². The molecule has 8 heteroatoms. The largest absolute Gasteiger partial charge is 0.418 e. The number of pyridine rings is 1. The highest BCUT2D eigenvalue weighted by molar-refractivity contribution is 5.72. The Morgan fingerprint density at radius 1 is 1.53 bits per heavy atom. The number of carbonyl (C=O) groups is 1. The molecule has 2 heterocycles. The Morgan fingerprint density at radius 2 is 2.26 bits per heavy atom. The van der Waals surface area contributed by atoms with Crippen LogP contribution in [0.2, 0.25) is 0 Å². The molecule has 0 radical (unpaired) electrons. The van der Waals surface area contributed by atoms with E-state index < -0.39 is 23.8 Å². The van der Waals surface area contributed by atoms with Gasteiger partial charge in [-0.05, 0) is 12.1 Å². The molecule has 0 bridgehead atoms. The summed E-state index contributed by atoms with van der Waals surface area (Å²) in [5, 5.41) is 2.94. The van der Waals surface area contributed by atoms with Gasteiger partial charge in [-0.3, -0.25) is 4.98 Å². The molecule has 104 valence electrons. The zero-order valence-electron chi connectivity index (χ0n) is 9.94. The number of aromatic nitrogens is 1. The van der Waals surface area contributed by atoms with E-state index in [0.29, 0.717) is 6.54 Å². The molecule has 1 saturated heterocycles. The van der Waals surface area contributed by atoms with E-state index in [2.05, 4.69) is 10.3 Å². The molecule has 1 aromatic rings. The summed E-state index contributed by atoms with van der Waals surface area (Å²) >= 11 is 0. The number of hydrogen-bond acceptors (Lipinski definition) is 3. The predicted octanol–water partition coefficient (Wildman–Crippen LogP) is 1.13. The molecule has 5 nitrogen and oxygen atoms in total. The third kappa shape index (κ3) is 2.78. The number of nitrogens with zero attached hydrogens (tertiary/aromatic N) is 2. The van der Waals surface area contributed by atoms with Crippen molar-refractivity contribution in [2.45, 2.75) is 12.2 Å². The number of nitrogens with one attached hydrogen (secondary N) is 1. The molecule has 1 aliphatic rings. The lowest BCUT2D eigenvalue weighted by atomic mass is 10.0. The first-order valence-corrected chi connectivity index (χ1v) is 5.70. The molecule has 1 aliphatic heterocycles. The van der Waals surface area contributed by atoms with E-state index in [0.717, 1.165) is 6.07 Å². The van der Waals surface area contributed by atoms with Crippen molar-refractivity contribution in [1.82, 2.24) is 15.2 Å². The molecule has 2 amide bonds. The van der Waals surface area contributed by atoms with E-state index >= 15 is 0 Å². The van der Waals surface area contributed by atoms with Gasteiger partial charge in [0, 0.05) is 25.8 Å². The van der Waals surface area contributed by atoms with E-state index in [4.69, 9.17) is 5.73 Å². The monoisotopic (exact) mass is 274 g/mol. The number of rotatable bonds is 1. The number of hydrogen-bond donors (Lipinski definition) is 2. The molecule has 1 unspecified atom stereocenters. The fourth-order valence-electron chi connectivity index (χ4n) is 2.14. The molecular formula is C11H13F3N4O. The van der Waals surface area contributed by atoms with Crippen LogP contribution in [0, 0.1) is 0 Å². The second-order valence-electron chi connectivity index (χ2n) is 4.19. The highest BCUT2D eigenvalue weighted by Crippen LogP contribution is 2.35. The van der Waals surface area contributed by atoms with Crippen LogP contribution < -0.4 is 11.1 Å². The summed E-state index contributed by atoms with van der Waals surface area (Å²) in [6, 6.07) is 0.627. The van der Waals surface area contributed by atoms with Crippen molar-refractivity contribution in [3.63, 3.8) is 0 Å². The van der Waals surface area contributed by atoms with Gasteiger partial charge >= 0.3 is 12.2 Å². The minimum Gasteiger partial charge on any atom is -0.351 e. The van der Waals surface area contributed by atoms with Crippen molar-refractivity contribution in [3.05, 3.63) is 29.6 Å². The Balaban J connectivity index is 2.42. The average molecular weight is 274 g/mol. The number of piperazine rings is 1. The first kappa shape index (κ1) is 13.6. The fraction of sp³-hybridized carbons (Fsp3) is 0.455. The minimum atomic E-state index is -4.51. The molecule has 0 aliphatic carbocycles. The van der Waals surface area contributed by atoms with Crippen molar-refractivity contribution >= 4 is 6.03 Å². The van der Waals surface area contributed by atoms with Crippen molar-refractivity contribution in [2.24, 2.45) is 5.73 Å². The summed E-state index contributed by atoms with van der Waals surface area (Å²) in [5.74, 6) is 0. The van der Waals surface area contributed by atoms with Crippen molar-refractivity contribution in [3.8, 4) is 0 Å². The van der Waals surface area contributed by atoms with Crippen LogP contribution in [-0.2, 0) is 6.18 Å². The Kier molecular flexibility index (Phi) is 3.61. The standard InChI is InChI=1S/C11H13F3N4O/c12-11(13,14)7-2-1-3-17-9(7)8-6-16-4-5-18(8)10(15)19/h1-3,8,16H,4-6H2,(H2,15,19). The van der Waals surface area contributed by atoms with E-state index in [-0.39, 0.29) is 18.8 Å². The Labute approximate surface area is 107 Å². The van der Waals surface area contributed by atoms with Gasteiger partial charge in [0.2, 0.25) is 0 Å². The zero-order valence-corrected chi connectivity index (χ0v) is 9.94. The molecule has 0 aromatic carbocycles. The summed E-state index contributed by atoms with van der Waals surface area (Å²) in [6.07, 6.45) is -3.23. The summed E-state index contributed by atoms with van der Waals surface area (Å²) in [7, 11) is 0. The van der Waals surface area contributed by atoms with Gasteiger partial charge in [0.05, 0.1) is 17.3 Å². The molecule has 2 rings (SSSR count). The number of amides is 2. The maximum absolute atomic E-state index is 12.9. The molecule has 1 atom stereocenters. The third-order valence-electron chi connectivity index (χ3n) is 2.99. The predicted molar refractivity (Wildman–Crippen MR) is 61.1 cm³/mol. The number of halogens is 3. The minimum absolute atomic E-state index is 0.180. The molecule has 0 spiro atoms. The number of alkyl halides is 3. The second-order valence-corrected chi connectivity index (χ2v) is 4.19. The van der Waals surface area contributed by atoms with E-state index in [1.54, 1.807) is 0 Å². The van der Waals surface area contributed by atoms with Gasteiger partial charge in [-0.1, -0.05) is 0 Å². The van der Waals surface area contributed by atoms with Crippen LogP contribution >= 0.6 is 0 Å². The quantitative estimate of drug-likeness (QED) is 0.806. The van der Waals surface area contributed by atoms with Gasteiger partial charge < -0.3 is 16.0 Å². The lowest BCUT2D eigenvalue weighted by Gasteiger charge is -2.35. The first-order chi connectivity index (χ1) is 8.91. The molecular weight excluding hydrogens is 261 g/mol. The molecule has 1 aromatic heterocycles. The lowest BCUT2D eigenvalue weighted by Crippen LogP contribution is -2.51. The van der Waals surface area contributed by atoms with Gasteiger partial charge in [-0.15, -0.1) is 0 Å². The van der Waals surface area contributed by atoms with Gasteiger partial charge in [0.15, 0.2) is 0 Å². The highest BCUT2D eigenvalue weighted by Gasteiger charge is 2.38. The summed E-state index contributed by atoms with van der Waals surface area (Å²) in [4.78, 5) is 16.3. The van der Waals surface area contributed by atoms with Crippen molar-refractivity contribution in [2.75, 3.05) is 19.6 Å². The van der Waals surface area contributed by atoms with Crippen LogP contribution in [-0.4, -0.2) is 35.5 Å². The molecule has 3 N–H and O–H groups in total. The van der Waals surface area contributed by atoms with Gasteiger partial charge in [0.25, 0.3) is 0 Å². The van der Waals surface area contributed by atoms with Crippen LogP contribution in [0.5, 0.6) is 0 Å². The molecule has 1 fully saturated rings. The topological polar surface area (TPSA) is 71.2 Å². The fourth-order valence-corrected chi connectivity index (χ4v) is 2.14. The van der Waals surface area contributed by atoms with Crippen molar-refractivity contribution in [1.29, 1.82) is 0 Å². The normalized spacial score (nSPS) is 20.4. The second kappa shape index (κ2) is 5.04. The highest BCUT2D eigenvalue weighted by atomic mass is 19.4. The van der Waals surface area contributed by atoms with E-state index in [1.165, 1.54) is 17.2 Å². The number of primary amides is 1. The Hall–Kier alpha value is -1.83. The van der Waals surface area contributed by atoms with Crippen LogP contribution in [0.3, 0.4) is 0 Å². The molecule has 0 saturated carbocycles. The van der Waals surface area contributed by atoms with E-state index in [1.807, 2.05) is 0 Å². The Morgan fingerprint density at radius 3 is 2.89 bits per heavy atom. The van der Waals surface area contributed by atoms with Crippen LogP contribution in [0.1, 0.15) is 17.3 Å². The molecule has 19 heavy (non-hydrogen) atoms. The van der Waals surface area contributed by atoms with Crippen LogP contribution in [0.25, 0.3) is 0 Å². The third-order valence-corrected chi connectivity index (χ3v) is 2.99. The van der Waals surface area contributed by atoms with Crippen molar-refractivity contribution < 1.29 is 18.0 Å².